The summed E-state index contributed by atoms with van der Waals surface area (Å²) in [7, 11) is 0. The van der Waals surface area contributed by atoms with Gasteiger partial charge in [0.1, 0.15) is 5.75 Å². The zero-order valence-electron chi connectivity index (χ0n) is 12.6. The van der Waals surface area contributed by atoms with Gasteiger partial charge in [-0.1, -0.05) is 40.9 Å². The van der Waals surface area contributed by atoms with Gasteiger partial charge in [0, 0.05) is 11.9 Å². The van der Waals surface area contributed by atoms with Crippen molar-refractivity contribution in [3.63, 3.8) is 0 Å². The number of carboxylic acids is 1. The van der Waals surface area contributed by atoms with Crippen LogP contribution in [0.1, 0.15) is 31.2 Å². The minimum atomic E-state index is -5.08. The van der Waals surface area contributed by atoms with E-state index >= 15 is 0 Å². The fourth-order valence-electron chi connectivity index (χ4n) is 1.46. The van der Waals surface area contributed by atoms with Crippen LogP contribution in [-0.4, -0.2) is 29.2 Å². The third-order valence-electron chi connectivity index (χ3n) is 2.70. The van der Waals surface area contributed by atoms with Crippen molar-refractivity contribution in [1.82, 2.24) is 0 Å². The number of hydrogen-bond donors (Lipinski definition) is 2. The summed E-state index contributed by atoms with van der Waals surface area (Å²) in [5.41, 5.74) is 6.67. The molecule has 0 fully saturated rings. The molecule has 0 spiro atoms. The summed E-state index contributed by atoms with van der Waals surface area (Å²) < 4.78 is 37.4. The molecule has 0 atom stereocenters. The van der Waals surface area contributed by atoms with Crippen molar-refractivity contribution in [3.8, 4) is 5.75 Å². The molecule has 3 N–H and O–H groups in total. The Morgan fingerprint density at radius 1 is 1.13 bits per heavy atom. The summed E-state index contributed by atoms with van der Waals surface area (Å²) in [5, 5.41) is 8.23. The van der Waals surface area contributed by atoms with Crippen LogP contribution in [0.25, 0.3) is 0 Å². The molecule has 0 aromatic heterocycles. The fourth-order valence-corrected chi connectivity index (χ4v) is 1.86. The molecule has 4 nitrogen and oxygen atoms in total. The van der Waals surface area contributed by atoms with Gasteiger partial charge < -0.3 is 15.6 Å². The molecule has 0 saturated heterocycles. The van der Waals surface area contributed by atoms with Gasteiger partial charge in [-0.25, -0.2) is 4.79 Å². The predicted octanol–water partition coefficient (Wildman–Crippen LogP) is 4.11. The molecule has 0 aliphatic heterocycles. The van der Waals surface area contributed by atoms with Crippen LogP contribution in [0.5, 0.6) is 5.75 Å². The van der Waals surface area contributed by atoms with Gasteiger partial charge in [-0.2, -0.15) is 13.2 Å². The van der Waals surface area contributed by atoms with E-state index in [9.17, 15) is 13.2 Å². The monoisotopic (exact) mass is 399 g/mol. The van der Waals surface area contributed by atoms with E-state index in [4.69, 9.17) is 20.4 Å². The third-order valence-corrected chi connectivity index (χ3v) is 3.26. The van der Waals surface area contributed by atoms with Crippen molar-refractivity contribution in [2.45, 2.75) is 38.4 Å². The molecule has 0 bridgehead atoms. The maximum Gasteiger partial charge on any atom is 0.490 e. The average Bonchev–Trinajstić information content (AvgIpc) is 2.51. The first kappa shape index (κ1) is 21.7. The number of hydrogen-bond acceptors (Lipinski definition) is 3. The smallest absolute Gasteiger partial charge is 0.490 e. The Balaban J connectivity index is 0.000000585. The number of rotatable bonds is 8. The van der Waals surface area contributed by atoms with Crippen LogP contribution < -0.4 is 10.5 Å². The van der Waals surface area contributed by atoms with Crippen LogP contribution >= 0.6 is 15.9 Å². The van der Waals surface area contributed by atoms with Gasteiger partial charge in [-0.15, -0.1) is 0 Å². The fraction of sp³-hybridized carbons (Fsp3) is 0.533. The van der Waals surface area contributed by atoms with Gasteiger partial charge in [-0.05, 0) is 30.5 Å². The number of alkyl halides is 4. The highest BCUT2D eigenvalue weighted by atomic mass is 79.9. The van der Waals surface area contributed by atoms with Crippen molar-refractivity contribution >= 4 is 21.9 Å². The van der Waals surface area contributed by atoms with Gasteiger partial charge in [0.2, 0.25) is 0 Å². The number of benzene rings is 1. The first-order valence-electron chi connectivity index (χ1n) is 7.09. The second-order valence-electron chi connectivity index (χ2n) is 4.60. The number of halogens is 4. The van der Waals surface area contributed by atoms with E-state index in [0.29, 0.717) is 6.54 Å². The van der Waals surface area contributed by atoms with E-state index in [1.165, 1.54) is 19.3 Å². The normalized spacial score (nSPS) is 10.7. The molecule has 0 saturated carbocycles. The average molecular weight is 400 g/mol. The Labute approximate surface area is 141 Å². The topological polar surface area (TPSA) is 72.5 Å². The highest BCUT2D eigenvalue weighted by molar-refractivity contribution is 9.09. The molecule has 8 heteroatoms. The van der Waals surface area contributed by atoms with E-state index in [1.54, 1.807) is 0 Å². The molecule has 1 aromatic carbocycles. The number of carboxylic acid groups (broad SMARTS) is 1. The van der Waals surface area contributed by atoms with E-state index in [-0.39, 0.29) is 0 Å². The Hall–Kier alpha value is -1.28. The second-order valence-corrected chi connectivity index (χ2v) is 5.40. The lowest BCUT2D eigenvalue weighted by molar-refractivity contribution is -0.192. The summed E-state index contributed by atoms with van der Waals surface area (Å²) >= 11 is 3.43. The summed E-state index contributed by atoms with van der Waals surface area (Å²) in [4.78, 5) is 8.90. The molecule has 0 amide bonds. The predicted molar refractivity (Wildman–Crippen MR) is 85.8 cm³/mol. The molecule has 0 unspecified atom stereocenters. The van der Waals surface area contributed by atoms with Crippen molar-refractivity contribution in [2.75, 3.05) is 11.9 Å². The number of nitrogens with two attached hydrogens (primary N) is 1. The van der Waals surface area contributed by atoms with Crippen molar-refractivity contribution < 1.29 is 27.8 Å². The van der Waals surface area contributed by atoms with Gasteiger partial charge >= 0.3 is 12.1 Å². The molecular weight excluding hydrogens is 379 g/mol. The van der Waals surface area contributed by atoms with E-state index < -0.39 is 12.1 Å². The van der Waals surface area contributed by atoms with Crippen molar-refractivity contribution in [1.29, 1.82) is 0 Å². The van der Waals surface area contributed by atoms with Crippen LogP contribution in [0.2, 0.25) is 0 Å². The molecule has 0 aliphatic carbocycles. The largest absolute Gasteiger partial charge is 0.494 e. The Bertz CT molecular complexity index is 439. The van der Waals surface area contributed by atoms with E-state index in [0.717, 1.165) is 29.7 Å². The van der Waals surface area contributed by atoms with E-state index in [2.05, 4.69) is 15.9 Å². The lowest BCUT2D eigenvalue weighted by Crippen LogP contribution is -2.21. The summed E-state index contributed by atoms with van der Waals surface area (Å²) in [6.45, 7) is 1.40. The highest BCUT2D eigenvalue weighted by Gasteiger charge is 2.38. The maximum absolute atomic E-state index is 10.6. The number of aliphatic carboxylic acids is 1. The minimum absolute atomic E-state index is 0.590. The standard InChI is InChI=1S/C13H20BrNO.C2HF3O2/c14-9-3-1-2-4-10-16-13-7-5-12(11-15)6-8-13;3-2(4,5)1(6)7/h5-8H,1-4,9-11,15H2;(H,6,7). The molecule has 0 radical (unpaired) electrons. The molecule has 0 heterocycles. The van der Waals surface area contributed by atoms with Gasteiger partial charge in [0.05, 0.1) is 6.61 Å². The second kappa shape index (κ2) is 12.2. The van der Waals surface area contributed by atoms with Gasteiger partial charge in [0.15, 0.2) is 0 Å². The quantitative estimate of drug-likeness (QED) is 0.509. The first-order valence-corrected chi connectivity index (χ1v) is 8.21. The highest BCUT2D eigenvalue weighted by Crippen LogP contribution is 2.13. The first-order chi connectivity index (χ1) is 10.8. The number of ether oxygens (including phenoxy) is 1. The Morgan fingerprint density at radius 3 is 2.09 bits per heavy atom. The summed E-state index contributed by atoms with van der Waals surface area (Å²) in [5.74, 6) is -1.81. The SMILES string of the molecule is NCc1ccc(OCCCCCCBr)cc1.O=C(O)C(F)(F)F. The lowest BCUT2D eigenvalue weighted by atomic mass is 10.2. The zero-order valence-corrected chi connectivity index (χ0v) is 14.2. The molecule has 132 valence electrons. The third kappa shape index (κ3) is 11.9. The van der Waals surface area contributed by atoms with Gasteiger partial charge in [0.25, 0.3) is 0 Å². The molecule has 0 aliphatic rings. The summed E-state index contributed by atoms with van der Waals surface area (Å²) in [6.07, 6.45) is -0.177. The zero-order chi connectivity index (χ0) is 17.7. The minimum Gasteiger partial charge on any atom is -0.494 e. The maximum atomic E-state index is 10.6. The number of unbranched alkanes of at least 4 members (excludes halogenated alkanes) is 3. The molecule has 1 aromatic rings. The van der Waals surface area contributed by atoms with E-state index in [1.807, 2.05) is 24.3 Å². The van der Waals surface area contributed by atoms with Crippen LogP contribution in [0.3, 0.4) is 0 Å². The molecule has 1 rings (SSSR count). The Kier molecular flexibility index (Phi) is 11.5. The Morgan fingerprint density at radius 2 is 1.65 bits per heavy atom. The van der Waals surface area contributed by atoms with Crippen molar-refractivity contribution in [2.24, 2.45) is 5.73 Å². The lowest BCUT2D eigenvalue weighted by Gasteiger charge is -2.06. The van der Waals surface area contributed by atoms with Gasteiger partial charge in [-0.3, -0.25) is 0 Å². The number of carbonyl (C=O) groups is 1. The van der Waals surface area contributed by atoms with Crippen LogP contribution in [0.15, 0.2) is 24.3 Å². The van der Waals surface area contributed by atoms with Crippen LogP contribution in [-0.2, 0) is 11.3 Å². The van der Waals surface area contributed by atoms with Crippen molar-refractivity contribution in [3.05, 3.63) is 29.8 Å². The molecular formula is C15H21BrF3NO3. The molecule has 23 heavy (non-hydrogen) atoms. The van der Waals surface area contributed by atoms with Crippen LogP contribution in [0, 0.1) is 0 Å². The summed E-state index contributed by atoms with van der Waals surface area (Å²) in [6, 6.07) is 8.00. The van der Waals surface area contributed by atoms with Crippen LogP contribution in [0.4, 0.5) is 13.2 Å².